The van der Waals surface area contributed by atoms with Crippen LogP contribution in [-0.2, 0) is 37.1 Å². The molecule has 0 bridgehead atoms. The maximum Gasteiger partial charge on any atom is 0.282 e. The number of aromatic nitrogens is 4. The molecule has 2 aliphatic heterocycles. The van der Waals surface area contributed by atoms with Gasteiger partial charge in [-0.25, -0.2) is 4.57 Å². The number of nitrogens with one attached hydrogen (secondary N) is 2. The van der Waals surface area contributed by atoms with Crippen LogP contribution in [0.4, 0.5) is 5.13 Å². The molecule has 5 rings (SSSR count). The second-order valence-electron chi connectivity index (χ2n) is 8.20. The second kappa shape index (κ2) is 11.0. The summed E-state index contributed by atoms with van der Waals surface area (Å²) in [6.07, 6.45) is 4.28. The quantitative estimate of drug-likeness (QED) is 0.0723. The third kappa shape index (κ3) is 4.92. The van der Waals surface area contributed by atoms with Crippen LogP contribution in [0.2, 0.25) is 0 Å². The number of aliphatic carboxylic acids is 1. The fourth-order valence-corrected chi connectivity index (χ4v) is 6.81. The van der Waals surface area contributed by atoms with Gasteiger partial charge >= 0.3 is 0 Å². The Balaban J connectivity index is 1.37. The SMILES string of the molecule is CCO/N=C(\C(=O)N[C@@H]1C(=O)N2C(C(=O)[O-])=C(C[n+]3cc4sccn4c3CNC=O)CS[C@H]12)c1nsc(N)n1. The zero-order valence-corrected chi connectivity index (χ0v) is 22.7. The standard InChI is InChI=1S/C21H21N9O6S3/c1-2-36-26-13(16-25-21(22)39-27-16)17(32)24-14-18(33)30-15(20(34)35)10(8-38-19(14)30)6-28-7-12-29(3-4-37-12)11(28)5-23-9-31/h3-4,7,9,14,19H,2,5-6,8H2,1H3,(H4-,22,23,24,25,27,31,32,34,35)/b26-13-/t14-,19-/m1/s1. The minimum Gasteiger partial charge on any atom is -0.543 e. The monoisotopic (exact) mass is 591 g/mol. The van der Waals surface area contributed by atoms with Crippen molar-refractivity contribution in [1.29, 1.82) is 0 Å². The van der Waals surface area contributed by atoms with E-state index in [0.29, 0.717) is 12.0 Å². The zero-order valence-electron chi connectivity index (χ0n) is 20.2. The lowest BCUT2D eigenvalue weighted by atomic mass is 10.0. The van der Waals surface area contributed by atoms with Crippen molar-refractivity contribution < 1.29 is 33.7 Å². The van der Waals surface area contributed by atoms with Crippen molar-refractivity contribution in [3.05, 3.63) is 40.7 Å². The number of carboxylic acids is 1. The molecule has 1 fully saturated rings. The van der Waals surface area contributed by atoms with Gasteiger partial charge in [0.25, 0.3) is 17.6 Å². The van der Waals surface area contributed by atoms with E-state index in [9.17, 15) is 24.3 Å². The number of hydrogen-bond acceptors (Lipinski definition) is 13. The molecular formula is C21H21N9O6S3. The highest BCUT2D eigenvalue weighted by Gasteiger charge is 2.53. The summed E-state index contributed by atoms with van der Waals surface area (Å²) in [6.45, 7) is 2.24. The van der Waals surface area contributed by atoms with Crippen LogP contribution in [0, 0.1) is 0 Å². The molecule has 2 atom stereocenters. The van der Waals surface area contributed by atoms with E-state index in [2.05, 4.69) is 25.1 Å². The number of rotatable bonds is 11. The van der Waals surface area contributed by atoms with Crippen LogP contribution in [0.25, 0.3) is 4.83 Å². The van der Waals surface area contributed by atoms with Crippen LogP contribution < -0.4 is 26.0 Å². The Morgan fingerprint density at radius 3 is 2.95 bits per heavy atom. The van der Waals surface area contributed by atoms with Crippen LogP contribution in [0.3, 0.4) is 0 Å². The first-order valence-electron chi connectivity index (χ1n) is 11.5. The van der Waals surface area contributed by atoms with Crippen LogP contribution >= 0.6 is 34.6 Å². The first-order chi connectivity index (χ1) is 18.8. The van der Waals surface area contributed by atoms with Crippen molar-refractivity contribution in [2.24, 2.45) is 5.16 Å². The first kappa shape index (κ1) is 26.6. The van der Waals surface area contributed by atoms with E-state index in [4.69, 9.17) is 10.6 Å². The third-order valence-corrected chi connectivity index (χ3v) is 8.58. The van der Waals surface area contributed by atoms with Gasteiger partial charge in [-0.05, 0) is 6.92 Å². The number of anilines is 1. The Labute approximate surface area is 232 Å². The molecule has 1 saturated heterocycles. The molecule has 5 heterocycles. The van der Waals surface area contributed by atoms with Crippen LogP contribution in [0.5, 0.6) is 0 Å². The highest BCUT2D eigenvalue weighted by atomic mass is 32.2. The Morgan fingerprint density at radius 2 is 2.26 bits per heavy atom. The van der Waals surface area contributed by atoms with Gasteiger partial charge in [0.15, 0.2) is 5.13 Å². The molecule has 0 radical (unpaired) electrons. The van der Waals surface area contributed by atoms with Crippen molar-refractivity contribution in [3.8, 4) is 0 Å². The van der Waals surface area contributed by atoms with Crippen molar-refractivity contribution in [1.82, 2.24) is 29.3 Å². The van der Waals surface area contributed by atoms with E-state index < -0.39 is 29.2 Å². The second-order valence-corrected chi connectivity index (χ2v) is 11.0. The van der Waals surface area contributed by atoms with E-state index in [0.717, 1.165) is 27.1 Å². The number of fused-ring (bicyclic) bond motifs is 2. The lowest BCUT2D eigenvalue weighted by molar-refractivity contribution is -0.695. The summed E-state index contributed by atoms with van der Waals surface area (Å²) in [5, 5.41) is 22.6. The lowest BCUT2D eigenvalue weighted by Gasteiger charge is -2.50. The molecule has 18 heteroatoms. The van der Waals surface area contributed by atoms with E-state index in [-0.39, 0.29) is 47.8 Å². The van der Waals surface area contributed by atoms with Gasteiger partial charge < -0.3 is 31.1 Å². The number of oxime groups is 1. The lowest BCUT2D eigenvalue weighted by Crippen LogP contribution is -2.71. The van der Waals surface area contributed by atoms with Crippen molar-refractivity contribution in [2.45, 2.75) is 31.4 Å². The molecule has 3 aromatic heterocycles. The van der Waals surface area contributed by atoms with Gasteiger partial charge in [0.1, 0.15) is 43.5 Å². The molecule has 15 nitrogen and oxygen atoms in total. The van der Waals surface area contributed by atoms with Crippen LogP contribution in [-0.4, -0.2) is 72.3 Å². The van der Waals surface area contributed by atoms with E-state index in [1.165, 1.54) is 23.1 Å². The molecule has 0 aromatic carbocycles. The smallest absolute Gasteiger partial charge is 0.282 e. The number of carbonyl (C=O) groups is 4. The number of thiazole rings is 1. The minimum absolute atomic E-state index is 0.0506. The molecule has 0 saturated carbocycles. The number of β-lactam (4-membered cyclic amide) rings is 1. The van der Waals surface area contributed by atoms with Gasteiger partial charge in [-0.15, -0.1) is 11.8 Å². The molecule has 3 amide bonds. The highest BCUT2D eigenvalue weighted by molar-refractivity contribution is 8.00. The van der Waals surface area contributed by atoms with Gasteiger partial charge in [-0.3, -0.25) is 19.3 Å². The number of nitrogens with zero attached hydrogens (tertiary/aromatic N) is 6. The summed E-state index contributed by atoms with van der Waals surface area (Å²) < 4.78 is 7.70. The maximum atomic E-state index is 13.1. The van der Waals surface area contributed by atoms with Gasteiger partial charge in [0.2, 0.25) is 22.8 Å². The first-order valence-corrected chi connectivity index (χ1v) is 14.2. The zero-order chi connectivity index (χ0) is 27.7. The molecule has 39 heavy (non-hydrogen) atoms. The fourth-order valence-electron chi connectivity index (χ4n) is 4.25. The highest BCUT2D eigenvalue weighted by Crippen LogP contribution is 2.40. The Hall–Kier alpha value is -4.03. The predicted octanol–water partition coefficient (Wildman–Crippen LogP) is -2.19. The third-order valence-electron chi connectivity index (χ3n) is 5.90. The summed E-state index contributed by atoms with van der Waals surface area (Å²) in [7, 11) is 0. The van der Waals surface area contributed by atoms with E-state index in [1.54, 1.807) is 6.92 Å². The summed E-state index contributed by atoms with van der Waals surface area (Å²) in [6, 6.07) is -1.01. The maximum absolute atomic E-state index is 13.1. The number of hydrogen-bond donors (Lipinski definition) is 3. The summed E-state index contributed by atoms with van der Waals surface area (Å²) in [5.74, 6) is -1.92. The largest absolute Gasteiger partial charge is 0.543 e. The van der Waals surface area contributed by atoms with Crippen molar-refractivity contribution in [3.63, 3.8) is 0 Å². The minimum atomic E-state index is -1.50. The predicted molar refractivity (Wildman–Crippen MR) is 138 cm³/mol. The topological polar surface area (TPSA) is 200 Å². The number of nitrogens with two attached hydrogens (primary N) is 1. The van der Waals surface area contributed by atoms with E-state index in [1.807, 2.05) is 26.7 Å². The number of imidazole rings is 1. The van der Waals surface area contributed by atoms with Gasteiger partial charge in [-0.1, -0.05) is 16.5 Å². The molecule has 2 aliphatic rings. The molecule has 4 N–H and O–H groups in total. The summed E-state index contributed by atoms with van der Waals surface area (Å²) in [4.78, 5) is 60.2. The average molecular weight is 592 g/mol. The molecule has 3 aromatic rings. The van der Waals surface area contributed by atoms with Gasteiger partial charge in [0.05, 0.1) is 11.7 Å². The van der Waals surface area contributed by atoms with Crippen molar-refractivity contribution in [2.75, 3.05) is 18.1 Å². The van der Waals surface area contributed by atoms with Crippen LogP contribution in [0.15, 0.2) is 34.2 Å². The normalized spacial score (nSPS) is 19.1. The number of amides is 3. The van der Waals surface area contributed by atoms with Crippen molar-refractivity contribution >= 4 is 74.5 Å². The molecule has 204 valence electrons. The molecule has 0 spiro atoms. The molecule has 0 aliphatic carbocycles. The summed E-state index contributed by atoms with van der Waals surface area (Å²) in [5.41, 5.74) is 5.59. The van der Waals surface area contributed by atoms with E-state index >= 15 is 0 Å². The number of carboxylic acid groups (broad SMARTS) is 1. The Bertz CT molecular complexity index is 1530. The molecule has 0 unspecified atom stereocenters. The number of thioether (sulfide) groups is 1. The number of nitrogen functional groups attached to an aromatic ring is 1. The van der Waals surface area contributed by atoms with Crippen LogP contribution in [0.1, 0.15) is 18.6 Å². The average Bonchev–Trinajstić information content (AvgIpc) is 3.63. The van der Waals surface area contributed by atoms with Gasteiger partial charge in [-0.2, -0.15) is 13.8 Å². The Morgan fingerprint density at radius 1 is 1.44 bits per heavy atom. The molecular weight excluding hydrogens is 570 g/mol. The number of carbonyl (C=O) groups excluding carboxylic acids is 4. The fraction of sp³-hybridized carbons (Fsp3) is 0.333. The Kier molecular flexibility index (Phi) is 7.49. The summed E-state index contributed by atoms with van der Waals surface area (Å²) >= 11 is 3.67. The van der Waals surface area contributed by atoms with Gasteiger partial charge in [0, 0.05) is 28.2 Å².